The number of para-hydroxylation sites is 1. The van der Waals surface area contributed by atoms with Gasteiger partial charge in [0.25, 0.3) is 5.24 Å². The molecule has 16 heavy (non-hydrogen) atoms. The Hall–Kier alpha value is -1.07. The van der Waals surface area contributed by atoms with Crippen molar-refractivity contribution in [2.75, 3.05) is 26.0 Å². The highest BCUT2D eigenvalue weighted by Gasteiger charge is 2.14. The summed E-state index contributed by atoms with van der Waals surface area (Å²) in [4.78, 5) is 15.2. The molecule has 0 saturated heterocycles. The van der Waals surface area contributed by atoms with Crippen molar-refractivity contribution in [1.29, 1.82) is 0 Å². The predicted octanol–water partition coefficient (Wildman–Crippen LogP) is 2.82. The molecular weight excluding hydrogens is 240 g/mol. The van der Waals surface area contributed by atoms with Gasteiger partial charge in [-0.05, 0) is 12.1 Å². The van der Waals surface area contributed by atoms with Gasteiger partial charge in [-0.15, -0.1) is 0 Å². The summed E-state index contributed by atoms with van der Waals surface area (Å²) in [5.41, 5.74) is 0.863. The van der Waals surface area contributed by atoms with Gasteiger partial charge in [0.05, 0.1) is 0 Å². The zero-order valence-electron chi connectivity index (χ0n) is 9.51. The van der Waals surface area contributed by atoms with E-state index in [0.29, 0.717) is 4.32 Å². The summed E-state index contributed by atoms with van der Waals surface area (Å²) in [6.45, 7) is 0. The molecule has 1 rings (SSSR count). The van der Waals surface area contributed by atoms with Crippen LogP contribution in [0.2, 0.25) is 0 Å². The first-order valence-corrected chi connectivity index (χ1v) is 5.96. The zero-order chi connectivity index (χ0) is 12.1. The van der Waals surface area contributed by atoms with Crippen LogP contribution in [0.3, 0.4) is 0 Å². The summed E-state index contributed by atoms with van der Waals surface area (Å²) in [6.07, 6.45) is 0. The minimum absolute atomic E-state index is 0.0788. The summed E-state index contributed by atoms with van der Waals surface area (Å²) >= 11 is 6.12. The van der Waals surface area contributed by atoms with Gasteiger partial charge in [0.2, 0.25) is 0 Å². The normalized spacial score (nSPS) is 9.69. The molecule has 86 valence electrons. The standard InChI is InChI=1S/C11H14N2OS2/c1-12(2)11(15)16-10(14)13(3)9-7-5-4-6-8-9/h4-8H,1-3H3. The van der Waals surface area contributed by atoms with E-state index in [1.807, 2.05) is 44.4 Å². The summed E-state index contributed by atoms with van der Waals surface area (Å²) in [5, 5.41) is -0.0788. The van der Waals surface area contributed by atoms with Crippen molar-refractivity contribution in [2.24, 2.45) is 0 Å². The number of thiocarbonyl (C=S) groups is 1. The predicted molar refractivity (Wildman–Crippen MR) is 74.1 cm³/mol. The van der Waals surface area contributed by atoms with Crippen LogP contribution in [0.1, 0.15) is 0 Å². The summed E-state index contributed by atoms with van der Waals surface area (Å²) in [5.74, 6) is 0. The Labute approximate surface area is 105 Å². The first kappa shape index (κ1) is 13.0. The average Bonchev–Trinajstić information content (AvgIpc) is 2.28. The molecule has 1 aromatic rings. The largest absolute Gasteiger partial charge is 0.363 e. The molecule has 0 aliphatic heterocycles. The first-order valence-electron chi connectivity index (χ1n) is 4.74. The molecule has 1 amide bonds. The number of thioether (sulfide) groups is 1. The third-order valence-electron chi connectivity index (χ3n) is 1.96. The molecule has 0 unspecified atom stereocenters. The van der Waals surface area contributed by atoms with Crippen LogP contribution in [0.15, 0.2) is 30.3 Å². The van der Waals surface area contributed by atoms with Gasteiger partial charge < -0.3 is 9.80 Å². The average molecular weight is 254 g/mol. The van der Waals surface area contributed by atoms with Gasteiger partial charge in [0, 0.05) is 38.6 Å². The number of rotatable bonds is 1. The number of carbonyl (C=O) groups excluding carboxylic acids is 1. The molecule has 0 spiro atoms. The quantitative estimate of drug-likeness (QED) is 0.719. The summed E-state index contributed by atoms with van der Waals surface area (Å²) < 4.78 is 0.563. The van der Waals surface area contributed by atoms with E-state index in [2.05, 4.69) is 0 Å². The van der Waals surface area contributed by atoms with Gasteiger partial charge in [-0.25, -0.2) is 0 Å². The third-order valence-corrected chi connectivity index (χ3v) is 3.56. The lowest BCUT2D eigenvalue weighted by Gasteiger charge is -2.18. The highest BCUT2D eigenvalue weighted by atomic mass is 32.2. The Morgan fingerprint density at radius 2 is 1.75 bits per heavy atom. The molecule has 0 fully saturated rings. The van der Waals surface area contributed by atoms with E-state index in [-0.39, 0.29) is 5.24 Å². The van der Waals surface area contributed by atoms with Crippen LogP contribution in [0.5, 0.6) is 0 Å². The number of amides is 1. The van der Waals surface area contributed by atoms with Gasteiger partial charge >= 0.3 is 0 Å². The second-order valence-electron chi connectivity index (χ2n) is 3.42. The van der Waals surface area contributed by atoms with E-state index in [0.717, 1.165) is 17.4 Å². The fourth-order valence-electron chi connectivity index (χ4n) is 0.991. The summed E-state index contributed by atoms with van der Waals surface area (Å²) in [7, 11) is 5.39. The van der Waals surface area contributed by atoms with Crippen molar-refractivity contribution in [3.05, 3.63) is 30.3 Å². The van der Waals surface area contributed by atoms with Crippen LogP contribution in [0.25, 0.3) is 0 Å². The molecule has 3 nitrogen and oxygen atoms in total. The number of anilines is 1. The lowest BCUT2D eigenvalue weighted by atomic mass is 10.3. The zero-order valence-corrected chi connectivity index (χ0v) is 11.1. The van der Waals surface area contributed by atoms with Crippen LogP contribution < -0.4 is 4.90 Å². The van der Waals surface area contributed by atoms with E-state index in [1.165, 1.54) is 0 Å². The lowest BCUT2D eigenvalue weighted by Crippen LogP contribution is -2.26. The molecule has 0 aliphatic rings. The monoisotopic (exact) mass is 254 g/mol. The van der Waals surface area contributed by atoms with E-state index < -0.39 is 0 Å². The smallest absolute Gasteiger partial charge is 0.292 e. The molecule has 0 radical (unpaired) electrons. The Morgan fingerprint density at radius 1 is 1.19 bits per heavy atom. The van der Waals surface area contributed by atoms with Crippen molar-refractivity contribution in [2.45, 2.75) is 0 Å². The van der Waals surface area contributed by atoms with Gasteiger partial charge in [-0.2, -0.15) is 0 Å². The molecular formula is C11H14N2OS2. The van der Waals surface area contributed by atoms with Crippen LogP contribution in [-0.2, 0) is 0 Å². The molecule has 0 aliphatic carbocycles. The van der Waals surface area contributed by atoms with E-state index in [9.17, 15) is 4.79 Å². The first-order chi connectivity index (χ1) is 7.52. The molecule has 0 aromatic heterocycles. The maximum atomic E-state index is 11.8. The van der Waals surface area contributed by atoms with Crippen molar-refractivity contribution < 1.29 is 4.79 Å². The number of carbonyl (C=O) groups is 1. The second-order valence-corrected chi connectivity index (χ2v) is 5.01. The minimum atomic E-state index is -0.0788. The van der Waals surface area contributed by atoms with Crippen molar-refractivity contribution in [1.82, 2.24) is 4.90 Å². The molecule has 0 bridgehead atoms. The van der Waals surface area contributed by atoms with Crippen molar-refractivity contribution >= 4 is 39.2 Å². The summed E-state index contributed by atoms with van der Waals surface area (Å²) in [6, 6.07) is 9.48. The van der Waals surface area contributed by atoms with Gasteiger partial charge in [-0.3, -0.25) is 4.79 Å². The van der Waals surface area contributed by atoms with Crippen molar-refractivity contribution in [3.63, 3.8) is 0 Å². The van der Waals surface area contributed by atoms with Gasteiger partial charge in [-0.1, -0.05) is 30.4 Å². The van der Waals surface area contributed by atoms with Crippen LogP contribution in [0.4, 0.5) is 10.5 Å². The molecule has 0 heterocycles. The number of benzene rings is 1. The fourth-order valence-corrected chi connectivity index (χ4v) is 1.78. The topological polar surface area (TPSA) is 23.6 Å². The SMILES string of the molecule is CN(C)C(=S)SC(=O)N(C)c1ccccc1. The Morgan fingerprint density at radius 3 is 2.25 bits per heavy atom. The lowest BCUT2D eigenvalue weighted by molar-refractivity contribution is 0.266. The van der Waals surface area contributed by atoms with Gasteiger partial charge in [0.15, 0.2) is 0 Å². The molecule has 1 aromatic carbocycles. The number of hydrogen-bond donors (Lipinski definition) is 0. The van der Waals surface area contributed by atoms with Crippen LogP contribution in [0, 0.1) is 0 Å². The molecule has 5 heteroatoms. The Balaban J connectivity index is 2.65. The Bertz CT molecular complexity index is 379. The highest BCUT2D eigenvalue weighted by Crippen LogP contribution is 2.18. The van der Waals surface area contributed by atoms with E-state index in [4.69, 9.17) is 12.2 Å². The van der Waals surface area contributed by atoms with E-state index >= 15 is 0 Å². The molecule has 0 N–H and O–H groups in total. The number of nitrogens with zero attached hydrogens (tertiary/aromatic N) is 2. The highest BCUT2D eigenvalue weighted by molar-refractivity contribution is 8.32. The van der Waals surface area contributed by atoms with Crippen LogP contribution >= 0.6 is 24.0 Å². The Kier molecular flexibility index (Phi) is 4.76. The third kappa shape index (κ3) is 3.50. The number of hydrogen-bond acceptors (Lipinski definition) is 3. The van der Waals surface area contributed by atoms with Gasteiger partial charge in [0.1, 0.15) is 4.32 Å². The maximum Gasteiger partial charge on any atom is 0.292 e. The molecule has 0 saturated carbocycles. The van der Waals surface area contributed by atoms with Crippen LogP contribution in [-0.4, -0.2) is 35.6 Å². The minimum Gasteiger partial charge on any atom is -0.363 e. The van der Waals surface area contributed by atoms with E-state index in [1.54, 1.807) is 16.8 Å². The maximum absolute atomic E-state index is 11.8. The molecule has 0 atom stereocenters. The van der Waals surface area contributed by atoms with Crippen molar-refractivity contribution in [3.8, 4) is 0 Å². The second kappa shape index (κ2) is 5.86. The fraction of sp³-hybridized carbons (Fsp3) is 0.273.